The van der Waals surface area contributed by atoms with Gasteiger partial charge < -0.3 is 15.0 Å². The number of nitrogens with one attached hydrogen (secondary N) is 1. The quantitative estimate of drug-likeness (QED) is 0.790. The van der Waals surface area contributed by atoms with E-state index in [-0.39, 0.29) is 6.04 Å². The molecular weight excluding hydrogens is 200 g/mol. The Bertz CT molecular complexity index is 347. The van der Waals surface area contributed by atoms with Gasteiger partial charge in [0.25, 0.3) is 0 Å². The average Bonchev–Trinajstić information content (AvgIpc) is 2.39. The fraction of sp³-hybridized carbons (Fsp3) is 0.462. The number of hydrogen-bond donors (Lipinski definition) is 1. The second-order valence-corrected chi connectivity index (χ2v) is 4.19. The molecule has 1 aliphatic rings. The molecule has 0 spiro atoms. The molecule has 0 radical (unpaired) electrons. The average molecular weight is 218 g/mol. The summed E-state index contributed by atoms with van der Waals surface area (Å²) in [5, 5.41) is 3.09. The third kappa shape index (κ3) is 2.18. The van der Waals surface area contributed by atoms with Gasteiger partial charge in [0.15, 0.2) is 0 Å². The minimum atomic E-state index is 0.0641. The summed E-state index contributed by atoms with van der Waals surface area (Å²) in [6.45, 7) is 0.988. The molecule has 0 bridgehead atoms. The number of carbonyl (C=O) groups is 1. The van der Waals surface area contributed by atoms with Crippen LogP contribution in [0, 0.1) is 0 Å². The number of aldehydes is 1. The van der Waals surface area contributed by atoms with Gasteiger partial charge in [-0.2, -0.15) is 0 Å². The fourth-order valence-electron chi connectivity index (χ4n) is 2.24. The van der Waals surface area contributed by atoms with Crippen molar-refractivity contribution in [2.75, 3.05) is 23.8 Å². The maximum absolute atomic E-state index is 11.0. The lowest BCUT2D eigenvalue weighted by atomic mass is 10.0. The summed E-state index contributed by atoms with van der Waals surface area (Å²) in [6.07, 6.45) is 4.40. The van der Waals surface area contributed by atoms with Crippen molar-refractivity contribution in [3.8, 4) is 0 Å². The highest BCUT2D eigenvalue weighted by atomic mass is 16.1. The molecule has 1 atom stereocenters. The Labute approximate surface area is 96.5 Å². The highest BCUT2D eigenvalue weighted by Gasteiger charge is 2.21. The first-order chi connectivity index (χ1) is 7.85. The first-order valence-electron chi connectivity index (χ1n) is 5.85. The second-order valence-electron chi connectivity index (χ2n) is 4.19. The minimum Gasteiger partial charge on any atom is -0.388 e. The van der Waals surface area contributed by atoms with Crippen LogP contribution >= 0.6 is 0 Å². The molecule has 3 nitrogen and oxygen atoms in total. The second kappa shape index (κ2) is 5.01. The van der Waals surface area contributed by atoms with Crippen molar-refractivity contribution in [2.45, 2.75) is 25.3 Å². The van der Waals surface area contributed by atoms with Crippen LogP contribution in [0.25, 0.3) is 0 Å². The molecule has 86 valence electrons. The molecule has 0 amide bonds. The molecule has 1 aromatic rings. The molecule has 3 heteroatoms. The van der Waals surface area contributed by atoms with E-state index in [1.54, 1.807) is 0 Å². The van der Waals surface area contributed by atoms with E-state index in [9.17, 15) is 4.79 Å². The molecular formula is C13H18N2O. The van der Waals surface area contributed by atoms with Gasteiger partial charge in [0, 0.05) is 25.0 Å². The molecule has 2 rings (SSSR count). The van der Waals surface area contributed by atoms with Gasteiger partial charge in [-0.1, -0.05) is 0 Å². The van der Waals surface area contributed by atoms with Crippen LogP contribution in [0.2, 0.25) is 0 Å². The Morgan fingerprint density at radius 2 is 2.06 bits per heavy atom. The number of piperidine rings is 1. The van der Waals surface area contributed by atoms with Gasteiger partial charge in [0.05, 0.1) is 6.04 Å². The van der Waals surface area contributed by atoms with Gasteiger partial charge in [-0.25, -0.2) is 0 Å². The third-order valence-electron chi connectivity index (χ3n) is 3.19. The molecule has 1 saturated heterocycles. The van der Waals surface area contributed by atoms with Crippen LogP contribution < -0.4 is 10.2 Å². The van der Waals surface area contributed by atoms with Crippen molar-refractivity contribution in [3.63, 3.8) is 0 Å². The third-order valence-corrected chi connectivity index (χ3v) is 3.19. The van der Waals surface area contributed by atoms with Gasteiger partial charge in [-0.15, -0.1) is 0 Å². The van der Waals surface area contributed by atoms with Crippen molar-refractivity contribution in [3.05, 3.63) is 24.3 Å². The largest absolute Gasteiger partial charge is 0.388 e. The zero-order valence-electron chi connectivity index (χ0n) is 9.65. The highest BCUT2D eigenvalue weighted by Crippen LogP contribution is 2.24. The first-order valence-corrected chi connectivity index (χ1v) is 5.85. The van der Waals surface area contributed by atoms with E-state index in [1.807, 2.05) is 19.2 Å². The van der Waals surface area contributed by atoms with E-state index in [2.05, 4.69) is 22.3 Å². The maximum atomic E-state index is 11.0. The molecule has 1 N–H and O–H groups in total. The molecule has 1 aromatic carbocycles. The van der Waals surface area contributed by atoms with Crippen LogP contribution in [0.4, 0.5) is 11.4 Å². The van der Waals surface area contributed by atoms with Crippen LogP contribution in [0.15, 0.2) is 24.3 Å². The van der Waals surface area contributed by atoms with Gasteiger partial charge in [-0.05, 0) is 43.5 Å². The number of benzene rings is 1. The SMILES string of the molecule is CNc1ccc(N2CCCCC2C=O)cc1. The van der Waals surface area contributed by atoms with E-state index in [0.29, 0.717) is 0 Å². The Morgan fingerprint density at radius 1 is 1.31 bits per heavy atom. The lowest BCUT2D eigenvalue weighted by Crippen LogP contribution is -2.40. The van der Waals surface area contributed by atoms with Gasteiger partial charge in [0.2, 0.25) is 0 Å². The van der Waals surface area contributed by atoms with Crippen molar-refractivity contribution < 1.29 is 4.79 Å². The molecule has 0 aromatic heterocycles. The van der Waals surface area contributed by atoms with E-state index >= 15 is 0 Å². The van der Waals surface area contributed by atoms with Gasteiger partial charge in [-0.3, -0.25) is 0 Å². The van der Waals surface area contributed by atoms with Crippen LogP contribution in [0.5, 0.6) is 0 Å². The predicted octanol–water partition coefficient (Wildman–Crippen LogP) is 2.29. The monoisotopic (exact) mass is 218 g/mol. The van der Waals surface area contributed by atoms with Crippen LogP contribution in [0.1, 0.15) is 19.3 Å². The topological polar surface area (TPSA) is 32.3 Å². The van der Waals surface area contributed by atoms with Gasteiger partial charge in [0.1, 0.15) is 6.29 Å². The lowest BCUT2D eigenvalue weighted by Gasteiger charge is -2.34. The van der Waals surface area contributed by atoms with Crippen molar-refractivity contribution in [2.24, 2.45) is 0 Å². The number of nitrogens with zero attached hydrogens (tertiary/aromatic N) is 1. The molecule has 16 heavy (non-hydrogen) atoms. The molecule has 1 aliphatic heterocycles. The maximum Gasteiger partial charge on any atom is 0.142 e. The molecule has 1 unspecified atom stereocenters. The summed E-state index contributed by atoms with van der Waals surface area (Å²) in [5.74, 6) is 0. The standard InChI is InChI=1S/C13H18N2O/c1-14-11-5-7-12(8-6-11)15-9-3-2-4-13(15)10-16/h5-8,10,13-14H,2-4,9H2,1H3. The van der Waals surface area contributed by atoms with Crippen molar-refractivity contribution >= 4 is 17.7 Å². The highest BCUT2D eigenvalue weighted by molar-refractivity contribution is 5.67. The van der Waals surface area contributed by atoms with E-state index in [0.717, 1.165) is 37.0 Å². The number of rotatable bonds is 3. The zero-order chi connectivity index (χ0) is 11.4. The zero-order valence-corrected chi connectivity index (χ0v) is 9.65. The summed E-state index contributed by atoms with van der Waals surface area (Å²) in [7, 11) is 1.91. The first kappa shape index (κ1) is 11.0. The van der Waals surface area contributed by atoms with Crippen LogP contribution in [-0.2, 0) is 4.79 Å². The lowest BCUT2D eigenvalue weighted by molar-refractivity contribution is -0.109. The van der Waals surface area contributed by atoms with E-state index in [4.69, 9.17) is 0 Å². The Balaban J connectivity index is 2.17. The Hall–Kier alpha value is -1.51. The Morgan fingerprint density at radius 3 is 2.69 bits per heavy atom. The van der Waals surface area contributed by atoms with Crippen molar-refractivity contribution in [1.82, 2.24) is 0 Å². The van der Waals surface area contributed by atoms with Crippen LogP contribution in [0.3, 0.4) is 0 Å². The number of carbonyl (C=O) groups excluding carboxylic acids is 1. The summed E-state index contributed by atoms with van der Waals surface area (Å²) in [5.41, 5.74) is 2.25. The summed E-state index contributed by atoms with van der Waals surface area (Å²) in [4.78, 5) is 13.2. The fourth-order valence-corrected chi connectivity index (χ4v) is 2.24. The summed E-state index contributed by atoms with van der Waals surface area (Å²) in [6, 6.07) is 8.31. The molecule has 0 saturated carbocycles. The number of hydrogen-bond acceptors (Lipinski definition) is 3. The summed E-state index contributed by atoms with van der Waals surface area (Å²) < 4.78 is 0. The number of anilines is 2. The molecule has 1 heterocycles. The molecule has 0 aliphatic carbocycles. The Kier molecular flexibility index (Phi) is 3.44. The van der Waals surface area contributed by atoms with Gasteiger partial charge >= 0.3 is 0 Å². The smallest absolute Gasteiger partial charge is 0.142 e. The normalized spacial score (nSPS) is 20.6. The predicted molar refractivity (Wildman–Crippen MR) is 67.0 cm³/mol. The van der Waals surface area contributed by atoms with Crippen molar-refractivity contribution in [1.29, 1.82) is 0 Å². The van der Waals surface area contributed by atoms with Crippen LogP contribution in [-0.4, -0.2) is 25.9 Å². The summed E-state index contributed by atoms with van der Waals surface area (Å²) >= 11 is 0. The molecule has 1 fully saturated rings. The van der Waals surface area contributed by atoms with E-state index in [1.165, 1.54) is 6.42 Å². The van der Waals surface area contributed by atoms with E-state index < -0.39 is 0 Å². The minimum absolute atomic E-state index is 0.0641.